The van der Waals surface area contributed by atoms with Crippen LogP contribution in [0.5, 0.6) is 0 Å². The summed E-state index contributed by atoms with van der Waals surface area (Å²) in [6, 6.07) is 18.2. The predicted octanol–water partition coefficient (Wildman–Crippen LogP) is 4.22. The SMILES string of the molecule is CCNC(=NCC(O)c1ccc(Cl)cc1)NC1CCN(c2ccccc2)CC1.I. The number of aliphatic hydroxyl groups is 1. The summed E-state index contributed by atoms with van der Waals surface area (Å²) in [4.78, 5) is 7.00. The molecule has 5 nitrogen and oxygen atoms in total. The maximum Gasteiger partial charge on any atom is 0.191 e. The second kappa shape index (κ2) is 12.2. The average molecular weight is 529 g/mol. The van der Waals surface area contributed by atoms with Crippen molar-refractivity contribution in [2.75, 3.05) is 31.1 Å². The molecule has 3 rings (SSSR count). The molecule has 0 spiro atoms. The van der Waals surface area contributed by atoms with Gasteiger partial charge in [-0.05, 0) is 49.6 Å². The van der Waals surface area contributed by atoms with Gasteiger partial charge in [0.1, 0.15) is 0 Å². The summed E-state index contributed by atoms with van der Waals surface area (Å²) < 4.78 is 0. The molecule has 1 atom stereocenters. The number of anilines is 1. The van der Waals surface area contributed by atoms with Gasteiger partial charge < -0.3 is 20.6 Å². The van der Waals surface area contributed by atoms with E-state index in [1.54, 1.807) is 12.1 Å². The minimum Gasteiger partial charge on any atom is -0.386 e. The van der Waals surface area contributed by atoms with Gasteiger partial charge in [0.2, 0.25) is 0 Å². The number of rotatable bonds is 6. The Hall–Kier alpha value is -1.51. The fraction of sp³-hybridized carbons (Fsp3) is 0.409. The topological polar surface area (TPSA) is 59.9 Å². The van der Waals surface area contributed by atoms with Crippen molar-refractivity contribution in [3.63, 3.8) is 0 Å². The van der Waals surface area contributed by atoms with Crippen LogP contribution in [0.15, 0.2) is 59.6 Å². The first-order valence-corrected chi connectivity index (χ1v) is 10.3. The van der Waals surface area contributed by atoms with Gasteiger partial charge in [-0.3, -0.25) is 4.99 Å². The lowest BCUT2D eigenvalue weighted by atomic mass is 10.0. The van der Waals surface area contributed by atoms with Crippen molar-refractivity contribution in [2.24, 2.45) is 4.99 Å². The number of para-hydroxylation sites is 1. The molecule has 158 valence electrons. The number of aliphatic hydroxyl groups excluding tert-OH is 1. The zero-order chi connectivity index (χ0) is 19.8. The molecular formula is C22H30ClIN4O. The molecule has 0 saturated carbocycles. The number of hydrogen-bond acceptors (Lipinski definition) is 3. The lowest BCUT2D eigenvalue weighted by Gasteiger charge is -2.34. The van der Waals surface area contributed by atoms with E-state index in [4.69, 9.17) is 11.6 Å². The highest BCUT2D eigenvalue weighted by molar-refractivity contribution is 14.0. The molecule has 0 bridgehead atoms. The lowest BCUT2D eigenvalue weighted by Crippen LogP contribution is -2.48. The molecule has 2 aromatic carbocycles. The van der Waals surface area contributed by atoms with Crippen molar-refractivity contribution in [1.82, 2.24) is 10.6 Å². The minimum atomic E-state index is -0.646. The van der Waals surface area contributed by atoms with Crippen molar-refractivity contribution < 1.29 is 5.11 Å². The maximum absolute atomic E-state index is 10.4. The van der Waals surface area contributed by atoms with Crippen molar-refractivity contribution in [2.45, 2.75) is 31.9 Å². The molecule has 7 heteroatoms. The van der Waals surface area contributed by atoms with Crippen molar-refractivity contribution in [3.05, 3.63) is 65.2 Å². The van der Waals surface area contributed by atoms with Crippen LogP contribution in [-0.4, -0.2) is 43.3 Å². The van der Waals surface area contributed by atoms with E-state index in [9.17, 15) is 5.11 Å². The largest absolute Gasteiger partial charge is 0.386 e. The average Bonchev–Trinajstić information content (AvgIpc) is 2.73. The molecular weight excluding hydrogens is 499 g/mol. The number of hydrogen-bond donors (Lipinski definition) is 3. The molecule has 0 amide bonds. The molecule has 1 aliphatic rings. The summed E-state index contributed by atoms with van der Waals surface area (Å²) in [7, 11) is 0. The van der Waals surface area contributed by atoms with Crippen molar-refractivity contribution in [1.29, 1.82) is 0 Å². The summed E-state index contributed by atoms with van der Waals surface area (Å²) in [5, 5.41) is 17.9. The fourth-order valence-corrected chi connectivity index (χ4v) is 3.53. The highest BCUT2D eigenvalue weighted by Crippen LogP contribution is 2.20. The molecule has 29 heavy (non-hydrogen) atoms. The van der Waals surface area contributed by atoms with Gasteiger partial charge in [-0.1, -0.05) is 41.9 Å². The number of nitrogens with one attached hydrogen (secondary N) is 2. The van der Waals surface area contributed by atoms with Crippen LogP contribution in [-0.2, 0) is 0 Å². The molecule has 0 aliphatic carbocycles. The van der Waals surface area contributed by atoms with E-state index in [1.807, 2.05) is 19.1 Å². The van der Waals surface area contributed by atoms with Crippen LogP contribution in [0.3, 0.4) is 0 Å². The van der Waals surface area contributed by atoms with E-state index >= 15 is 0 Å². The Morgan fingerprint density at radius 2 is 1.79 bits per heavy atom. The van der Waals surface area contributed by atoms with Gasteiger partial charge in [0.25, 0.3) is 0 Å². The van der Waals surface area contributed by atoms with E-state index in [0.717, 1.165) is 44.0 Å². The first-order valence-electron chi connectivity index (χ1n) is 9.94. The predicted molar refractivity (Wildman–Crippen MR) is 133 cm³/mol. The lowest BCUT2D eigenvalue weighted by molar-refractivity contribution is 0.187. The Morgan fingerprint density at radius 3 is 2.41 bits per heavy atom. The smallest absolute Gasteiger partial charge is 0.191 e. The Kier molecular flexibility index (Phi) is 10.0. The van der Waals surface area contributed by atoms with Crippen molar-refractivity contribution >= 4 is 47.2 Å². The first-order chi connectivity index (χ1) is 13.7. The van der Waals surface area contributed by atoms with Gasteiger partial charge in [-0.15, -0.1) is 24.0 Å². The quantitative estimate of drug-likeness (QED) is 0.299. The van der Waals surface area contributed by atoms with Crippen LogP contribution < -0.4 is 15.5 Å². The second-order valence-electron chi connectivity index (χ2n) is 7.03. The fourth-order valence-electron chi connectivity index (χ4n) is 3.40. The summed E-state index contributed by atoms with van der Waals surface area (Å²) in [6.45, 7) is 5.18. The van der Waals surface area contributed by atoms with Gasteiger partial charge in [0, 0.05) is 36.4 Å². The van der Waals surface area contributed by atoms with Crippen LogP contribution in [0.25, 0.3) is 0 Å². The van der Waals surface area contributed by atoms with Gasteiger partial charge in [0.05, 0.1) is 12.6 Å². The molecule has 0 aromatic heterocycles. The molecule has 3 N–H and O–H groups in total. The summed E-state index contributed by atoms with van der Waals surface area (Å²) in [5.41, 5.74) is 2.10. The summed E-state index contributed by atoms with van der Waals surface area (Å²) in [6.07, 6.45) is 1.46. The monoisotopic (exact) mass is 528 g/mol. The highest BCUT2D eigenvalue weighted by Gasteiger charge is 2.20. The van der Waals surface area contributed by atoms with E-state index in [2.05, 4.69) is 50.9 Å². The Labute approximate surface area is 195 Å². The highest BCUT2D eigenvalue weighted by atomic mass is 127. The van der Waals surface area contributed by atoms with Crippen LogP contribution in [0.4, 0.5) is 5.69 Å². The third-order valence-electron chi connectivity index (χ3n) is 4.98. The third-order valence-corrected chi connectivity index (χ3v) is 5.23. The number of halogens is 2. The number of nitrogens with zero attached hydrogens (tertiary/aromatic N) is 2. The second-order valence-corrected chi connectivity index (χ2v) is 7.46. The van der Waals surface area contributed by atoms with Gasteiger partial charge in [-0.2, -0.15) is 0 Å². The van der Waals surface area contributed by atoms with Gasteiger partial charge in [-0.25, -0.2) is 0 Å². The van der Waals surface area contributed by atoms with Crippen LogP contribution in [0.1, 0.15) is 31.4 Å². The van der Waals surface area contributed by atoms with E-state index < -0.39 is 6.10 Å². The van der Waals surface area contributed by atoms with Crippen molar-refractivity contribution in [3.8, 4) is 0 Å². The van der Waals surface area contributed by atoms with Crippen LogP contribution >= 0.6 is 35.6 Å². The molecule has 1 unspecified atom stereocenters. The number of aliphatic imine (C=N–C) groups is 1. The summed E-state index contributed by atoms with van der Waals surface area (Å²) in [5.74, 6) is 0.758. The number of benzene rings is 2. The minimum absolute atomic E-state index is 0. The first kappa shape index (κ1) is 23.8. The number of guanidine groups is 1. The summed E-state index contributed by atoms with van der Waals surface area (Å²) >= 11 is 5.91. The van der Waals surface area contributed by atoms with Gasteiger partial charge in [0.15, 0.2) is 5.96 Å². The molecule has 1 aliphatic heterocycles. The standard InChI is InChI=1S/C22H29ClN4O.HI/c1-2-24-22(25-16-21(28)17-8-10-18(23)11-9-17)26-19-12-14-27(15-13-19)20-6-4-3-5-7-20;/h3-11,19,21,28H,2,12-16H2,1H3,(H2,24,25,26);1H. The molecule has 2 aromatic rings. The van der Waals surface area contributed by atoms with E-state index in [0.29, 0.717) is 17.6 Å². The number of piperidine rings is 1. The molecule has 1 heterocycles. The molecule has 1 saturated heterocycles. The maximum atomic E-state index is 10.4. The Bertz CT molecular complexity index is 749. The third kappa shape index (κ3) is 7.35. The van der Waals surface area contributed by atoms with E-state index in [-0.39, 0.29) is 24.0 Å². The van der Waals surface area contributed by atoms with Gasteiger partial charge >= 0.3 is 0 Å². The van der Waals surface area contributed by atoms with E-state index in [1.165, 1.54) is 5.69 Å². The molecule has 0 radical (unpaired) electrons. The zero-order valence-corrected chi connectivity index (χ0v) is 19.8. The van der Waals surface area contributed by atoms with Crippen LogP contribution in [0, 0.1) is 0 Å². The Morgan fingerprint density at radius 1 is 1.14 bits per heavy atom. The van der Waals surface area contributed by atoms with Crippen LogP contribution in [0.2, 0.25) is 5.02 Å². The Balaban J connectivity index is 0.00000300. The molecule has 1 fully saturated rings. The zero-order valence-electron chi connectivity index (χ0n) is 16.7. The normalized spacial score (nSPS) is 16.1.